The summed E-state index contributed by atoms with van der Waals surface area (Å²) in [4.78, 5) is 0. The van der Waals surface area contributed by atoms with Crippen LogP contribution in [0.4, 0.5) is 0 Å². The van der Waals surface area contributed by atoms with Crippen LogP contribution in [-0.2, 0) is 5.11 Å². The summed E-state index contributed by atoms with van der Waals surface area (Å²) in [5.74, 6) is 0. The van der Waals surface area contributed by atoms with E-state index in [1.54, 1.807) is 0 Å². The van der Waals surface area contributed by atoms with Crippen LogP contribution in [0.3, 0.4) is 0 Å². The molecule has 0 aliphatic heterocycles. The lowest BCUT2D eigenvalue weighted by Crippen LogP contribution is -2.30. The molecular formula is C13H27O. The molecule has 0 fully saturated rings. The molecule has 0 saturated heterocycles. The predicted molar refractivity (Wildman–Crippen MR) is 61.9 cm³/mol. The van der Waals surface area contributed by atoms with Gasteiger partial charge in [0, 0.05) is 0 Å². The van der Waals surface area contributed by atoms with Gasteiger partial charge in [-0.25, -0.2) is 5.11 Å². The smallest absolute Gasteiger partial charge is 0.0980 e. The van der Waals surface area contributed by atoms with Crippen LogP contribution in [0.5, 0.6) is 0 Å². The molecule has 1 radical (unpaired) electrons. The zero-order valence-electron chi connectivity index (χ0n) is 10.4. The van der Waals surface area contributed by atoms with Gasteiger partial charge in [0.25, 0.3) is 0 Å². The van der Waals surface area contributed by atoms with E-state index in [9.17, 15) is 5.11 Å². The summed E-state index contributed by atoms with van der Waals surface area (Å²) in [5.41, 5.74) is 0.0563. The van der Waals surface area contributed by atoms with E-state index in [4.69, 9.17) is 0 Å². The first kappa shape index (κ1) is 14.0. The molecule has 0 N–H and O–H groups in total. The van der Waals surface area contributed by atoms with Crippen molar-refractivity contribution in [1.29, 1.82) is 0 Å². The van der Waals surface area contributed by atoms with E-state index in [-0.39, 0.29) is 11.5 Å². The average Bonchev–Trinajstić information content (AvgIpc) is 2.22. The van der Waals surface area contributed by atoms with E-state index in [0.29, 0.717) is 0 Å². The van der Waals surface area contributed by atoms with Crippen LogP contribution in [0.15, 0.2) is 0 Å². The van der Waals surface area contributed by atoms with Crippen molar-refractivity contribution in [3.8, 4) is 0 Å². The third-order valence-corrected chi connectivity index (χ3v) is 3.35. The molecule has 0 aromatic carbocycles. The van der Waals surface area contributed by atoms with Crippen LogP contribution in [0.2, 0.25) is 0 Å². The molecule has 0 aromatic heterocycles. The number of hydrogen-bond acceptors (Lipinski definition) is 0. The highest BCUT2D eigenvalue weighted by Crippen LogP contribution is 2.35. The van der Waals surface area contributed by atoms with Crippen LogP contribution in [0.25, 0.3) is 0 Å². The van der Waals surface area contributed by atoms with Gasteiger partial charge in [-0.15, -0.1) is 0 Å². The lowest BCUT2D eigenvalue weighted by molar-refractivity contribution is -0.0330. The van der Waals surface area contributed by atoms with E-state index in [1.807, 2.05) is 6.92 Å². The van der Waals surface area contributed by atoms with Crippen LogP contribution < -0.4 is 0 Å². The highest BCUT2D eigenvalue weighted by Gasteiger charge is 2.31. The van der Waals surface area contributed by atoms with Crippen molar-refractivity contribution in [2.45, 2.75) is 78.7 Å². The molecule has 14 heavy (non-hydrogen) atoms. The molecule has 0 aromatic rings. The Labute approximate surface area is 89.9 Å². The molecule has 1 unspecified atom stereocenters. The molecule has 1 heteroatoms. The van der Waals surface area contributed by atoms with Gasteiger partial charge in [0.1, 0.15) is 0 Å². The molecule has 0 bridgehead atoms. The monoisotopic (exact) mass is 199 g/mol. The Kier molecular flexibility index (Phi) is 7.26. The molecule has 0 aliphatic carbocycles. The summed E-state index contributed by atoms with van der Waals surface area (Å²) in [5, 5.41) is 11.9. The van der Waals surface area contributed by atoms with Gasteiger partial charge in [-0.1, -0.05) is 53.4 Å². The van der Waals surface area contributed by atoms with Crippen molar-refractivity contribution in [3.63, 3.8) is 0 Å². The topological polar surface area (TPSA) is 19.9 Å². The van der Waals surface area contributed by atoms with Crippen molar-refractivity contribution in [2.75, 3.05) is 0 Å². The first-order chi connectivity index (χ1) is 6.60. The summed E-state index contributed by atoms with van der Waals surface area (Å²) in [7, 11) is 0. The van der Waals surface area contributed by atoms with Crippen molar-refractivity contribution in [1.82, 2.24) is 0 Å². The maximum absolute atomic E-state index is 11.9. The Morgan fingerprint density at radius 1 is 1.00 bits per heavy atom. The van der Waals surface area contributed by atoms with Crippen LogP contribution in [-0.4, -0.2) is 6.10 Å². The number of unbranched alkanes of at least 4 members (excludes halogenated alkanes) is 2. The molecule has 1 nitrogen and oxygen atoms in total. The fourth-order valence-corrected chi connectivity index (χ4v) is 2.10. The summed E-state index contributed by atoms with van der Waals surface area (Å²) in [6, 6.07) is 0. The standard InChI is InChI=1S/C13H27O/c1-5-8-10-13(4,11-9-6-2)12(14)7-3/h12H,5-11H2,1-4H3. The SMILES string of the molecule is CCCCC(C)(CCCC)C([O])CC. The van der Waals surface area contributed by atoms with Crippen LogP contribution in [0, 0.1) is 5.41 Å². The largest absolute Gasteiger partial charge is 0.233 e. The number of rotatable bonds is 8. The third kappa shape index (κ3) is 4.45. The number of hydrogen-bond donors (Lipinski definition) is 0. The van der Waals surface area contributed by atoms with E-state index >= 15 is 0 Å². The summed E-state index contributed by atoms with van der Waals surface area (Å²) >= 11 is 0. The normalized spacial score (nSPS) is 14.4. The molecule has 0 heterocycles. The first-order valence-corrected chi connectivity index (χ1v) is 6.26. The molecule has 0 saturated carbocycles. The molecule has 0 aliphatic rings. The molecule has 0 rings (SSSR count). The van der Waals surface area contributed by atoms with Crippen molar-refractivity contribution in [2.24, 2.45) is 5.41 Å². The van der Waals surface area contributed by atoms with Crippen molar-refractivity contribution in [3.05, 3.63) is 0 Å². The van der Waals surface area contributed by atoms with Crippen LogP contribution >= 0.6 is 0 Å². The fourth-order valence-electron chi connectivity index (χ4n) is 2.10. The van der Waals surface area contributed by atoms with E-state index in [2.05, 4.69) is 20.8 Å². The summed E-state index contributed by atoms with van der Waals surface area (Å²) in [6.45, 7) is 8.62. The van der Waals surface area contributed by atoms with Crippen molar-refractivity contribution < 1.29 is 5.11 Å². The fraction of sp³-hybridized carbons (Fsp3) is 1.00. The maximum atomic E-state index is 11.9. The first-order valence-electron chi connectivity index (χ1n) is 6.26. The highest BCUT2D eigenvalue weighted by atomic mass is 16.3. The van der Waals surface area contributed by atoms with Gasteiger partial charge in [-0.3, -0.25) is 0 Å². The zero-order valence-corrected chi connectivity index (χ0v) is 10.4. The Morgan fingerprint density at radius 3 is 1.71 bits per heavy atom. The van der Waals surface area contributed by atoms with Crippen molar-refractivity contribution >= 4 is 0 Å². The second-order valence-electron chi connectivity index (χ2n) is 4.76. The maximum Gasteiger partial charge on any atom is 0.0980 e. The third-order valence-electron chi connectivity index (χ3n) is 3.35. The van der Waals surface area contributed by atoms with Gasteiger partial charge in [-0.05, 0) is 24.7 Å². The Balaban J connectivity index is 4.16. The lowest BCUT2D eigenvalue weighted by Gasteiger charge is -2.33. The van der Waals surface area contributed by atoms with Gasteiger partial charge in [-0.2, -0.15) is 0 Å². The van der Waals surface area contributed by atoms with E-state index in [0.717, 1.165) is 19.3 Å². The van der Waals surface area contributed by atoms with E-state index < -0.39 is 0 Å². The van der Waals surface area contributed by atoms with Gasteiger partial charge in [0.05, 0.1) is 6.10 Å². The second kappa shape index (κ2) is 7.28. The van der Waals surface area contributed by atoms with Gasteiger partial charge in [0.2, 0.25) is 0 Å². The van der Waals surface area contributed by atoms with Gasteiger partial charge < -0.3 is 0 Å². The second-order valence-corrected chi connectivity index (χ2v) is 4.76. The molecule has 0 amide bonds. The minimum atomic E-state index is -0.361. The quantitative estimate of drug-likeness (QED) is 0.545. The highest BCUT2D eigenvalue weighted by molar-refractivity contribution is 4.81. The summed E-state index contributed by atoms with van der Waals surface area (Å²) < 4.78 is 0. The molecule has 1 atom stereocenters. The lowest BCUT2D eigenvalue weighted by atomic mass is 9.74. The summed E-state index contributed by atoms with van der Waals surface area (Å²) in [6.07, 6.45) is 7.48. The molecule has 85 valence electrons. The Hall–Kier alpha value is -0.0400. The Morgan fingerprint density at radius 2 is 1.43 bits per heavy atom. The molecule has 0 spiro atoms. The van der Waals surface area contributed by atoms with E-state index in [1.165, 1.54) is 25.7 Å². The molecular weight excluding hydrogens is 172 g/mol. The zero-order chi connectivity index (χ0) is 11.0. The van der Waals surface area contributed by atoms with Gasteiger partial charge >= 0.3 is 0 Å². The minimum absolute atomic E-state index is 0.0563. The van der Waals surface area contributed by atoms with Crippen LogP contribution in [0.1, 0.15) is 72.6 Å². The average molecular weight is 199 g/mol. The minimum Gasteiger partial charge on any atom is -0.233 e. The van der Waals surface area contributed by atoms with Gasteiger partial charge in [0.15, 0.2) is 0 Å². The predicted octanol–water partition coefficient (Wildman–Crippen LogP) is 4.58. The Bertz CT molecular complexity index is 123.